The molecule has 0 aromatic heterocycles. The Kier molecular flexibility index (Phi) is 6.07. The second-order valence-electron chi connectivity index (χ2n) is 6.16. The van der Waals surface area contributed by atoms with E-state index in [-0.39, 0.29) is 0 Å². The fourth-order valence-electron chi connectivity index (χ4n) is 3.20. The van der Waals surface area contributed by atoms with Crippen LogP contribution in [-0.2, 0) is 6.54 Å². The zero-order valence-corrected chi connectivity index (χ0v) is 14.0. The summed E-state index contributed by atoms with van der Waals surface area (Å²) in [5.74, 6) is 1.04. The minimum Gasteiger partial charge on any atom is -0.494 e. The molecule has 1 aliphatic carbocycles. The summed E-state index contributed by atoms with van der Waals surface area (Å²) in [4.78, 5) is 2.50. The molecular formula is C18H30N2O. The van der Waals surface area contributed by atoms with Crippen molar-refractivity contribution < 1.29 is 4.74 Å². The molecular weight excluding hydrogens is 260 g/mol. The third kappa shape index (κ3) is 4.21. The van der Waals surface area contributed by atoms with Gasteiger partial charge in [-0.15, -0.1) is 0 Å². The summed E-state index contributed by atoms with van der Waals surface area (Å²) < 4.78 is 5.82. The molecule has 0 saturated heterocycles. The zero-order valence-electron chi connectivity index (χ0n) is 14.0. The molecule has 1 atom stereocenters. The summed E-state index contributed by atoms with van der Waals surface area (Å²) in [5.41, 5.74) is 2.64. The number of hydrogen-bond acceptors (Lipinski definition) is 3. The highest BCUT2D eigenvalue weighted by atomic mass is 16.5. The highest BCUT2D eigenvalue weighted by molar-refractivity contribution is 5.38. The number of ether oxygens (including phenoxy) is 1. The van der Waals surface area contributed by atoms with Crippen molar-refractivity contribution in [2.75, 3.05) is 20.7 Å². The van der Waals surface area contributed by atoms with Crippen LogP contribution in [0.2, 0.25) is 0 Å². The molecule has 3 nitrogen and oxygen atoms in total. The molecule has 0 amide bonds. The van der Waals surface area contributed by atoms with Crippen LogP contribution in [0.4, 0.5) is 0 Å². The average molecular weight is 290 g/mol. The van der Waals surface area contributed by atoms with Gasteiger partial charge in [0.05, 0.1) is 6.61 Å². The number of nitrogens with one attached hydrogen (secondary N) is 1. The van der Waals surface area contributed by atoms with Crippen molar-refractivity contribution in [2.45, 2.75) is 58.2 Å². The molecule has 2 rings (SSSR count). The molecule has 1 saturated carbocycles. The highest BCUT2D eigenvalue weighted by Crippen LogP contribution is 2.28. The molecule has 0 radical (unpaired) electrons. The van der Waals surface area contributed by atoms with Gasteiger partial charge in [-0.2, -0.15) is 0 Å². The Morgan fingerprint density at radius 2 is 2.05 bits per heavy atom. The molecule has 1 aliphatic rings. The van der Waals surface area contributed by atoms with E-state index in [0.717, 1.165) is 24.9 Å². The van der Waals surface area contributed by atoms with Gasteiger partial charge < -0.3 is 10.1 Å². The molecule has 1 N–H and O–H groups in total. The van der Waals surface area contributed by atoms with Gasteiger partial charge in [-0.1, -0.05) is 18.9 Å². The first kappa shape index (κ1) is 16.3. The quantitative estimate of drug-likeness (QED) is 0.828. The van der Waals surface area contributed by atoms with E-state index in [4.69, 9.17) is 4.74 Å². The SMILES string of the molecule is CCOc1ccc(C(C)NC)cc1CN(C)C1CCCC1. The van der Waals surface area contributed by atoms with Gasteiger partial charge in [0.25, 0.3) is 0 Å². The zero-order chi connectivity index (χ0) is 15.2. The lowest BCUT2D eigenvalue weighted by atomic mass is 10.0. The molecule has 1 unspecified atom stereocenters. The van der Waals surface area contributed by atoms with Gasteiger partial charge in [-0.3, -0.25) is 4.90 Å². The second kappa shape index (κ2) is 7.81. The van der Waals surface area contributed by atoms with Crippen molar-refractivity contribution >= 4 is 0 Å². The van der Waals surface area contributed by atoms with E-state index >= 15 is 0 Å². The molecule has 1 fully saturated rings. The van der Waals surface area contributed by atoms with Gasteiger partial charge in [0, 0.05) is 24.2 Å². The van der Waals surface area contributed by atoms with Crippen LogP contribution in [0, 0.1) is 0 Å². The molecule has 0 heterocycles. The monoisotopic (exact) mass is 290 g/mol. The first-order valence-electron chi connectivity index (χ1n) is 8.28. The van der Waals surface area contributed by atoms with Gasteiger partial charge in [0.2, 0.25) is 0 Å². The van der Waals surface area contributed by atoms with Gasteiger partial charge in [-0.25, -0.2) is 0 Å². The summed E-state index contributed by atoms with van der Waals surface area (Å²) >= 11 is 0. The number of nitrogens with zero attached hydrogens (tertiary/aromatic N) is 1. The third-order valence-electron chi connectivity index (χ3n) is 4.69. The predicted octanol–water partition coefficient (Wildman–Crippen LogP) is 3.74. The van der Waals surface area contributed by atoms with E-state index < -0.39 is 0 Å². The Labute approximate surface area is 129 Å². The van der Waals surface area contributed by atoms with Gasteiger partial charge in [-0.05, 0) is 58.5 Å². The largest absolute Gasteiger partial charge is 0.494 e. The molecule has 1 aromatic rings. The number of hydrogen-bond donors (Lipinski definition) is 1. The van der Waals surface area contributed by atoms with E-state index in [9.17, 15) is 0 Å². The van der Waals surface area contributed by atoms with Crippen molar-refractivity contribution in [3.63, 3.8) is 0 Å². The summed E-state index contributed by atoms with van der Waals surface area (Å²) in [5, 5.41) is 3.31. The summed E-state index contributed by atoms with van der Waals surface area (Å²) in [6, 6.07) is 7.72. The minimum atomic E-state index is 0.371. The predicted molar refractivity (Wildman–Crippen MR) is 88.8 cm³/mol. The first-order chi connectivity index (χ1) is 10.2. The van der Waals surface area contributed by atoms with Crippen LogP contribution in [0.25, 0.3) is 0 Å². The molecule has 0 spiro atoms. The van der Waals surface area contributed by atoms with Gasteiger partial charge >= 0.3 is 0 Å². The number of benzene rings is 1. The fourth-order valence-corrected chi connectivity index (χ4v) is 3.20. The Hall–Kier alpha value is -1.06. The van der Waals surface area contributed by atoms with Crippen LogP contribution in [0.3, 0.4) is 0 Å². The lowest BCUT2D eigenvalue weighted by Gasteiger charge is -2.25. The van der Waals surface area contributed by atoms with Crippen LogP contribution in [0.15, 0.2) is 18.2 Å². The summed E-state index contributed by atoms with van der Waals surface area (Å²) in [6.07, 6.45) is 5.44. The van der Waals surface area contributed by atoms with Crippen LogP contribution in [-0.4, -0.2) is 31.6 Å². The lowest BCUT2D eigenvalue weighted by Crippen LogP contribution is -2.28. The molecule has 0 aliphatic heterocycles. The Balaban J connectivity index is 2.16. The van der Waals surface area contributed by atoms with E-state index in [0.29, 0.717) is 6.04 Å². The maximum atomic E-state index is 5.82. The van der Waals surface area contributed by atoms with E-state index in [1.165, 1.54) is 36.8 Å². The maximum absolute atomic E-state index is 5.82. The first-order valence-corrected chi connectivity index (χ1v) is 8.28. The van der Waals surface area contributed by atoms with Crippen LogP contribution >= 0.6 is 0 Å². The molecule has 21 heavy (non-hydrogen) atoms. The van der Waals surface area contributed by atoms with Crippen LogP contribution in [0.5, 0.6) is 5.75 Å². The molecule has 118 valence electrons. The fraction of sp³-hybridized carbons (Fsp3) is 0.667. The Morgan fingerprint density at radius 1 is 1.33 bits per heavy atom. The van der Waals surface area contributed by atoms with Crippen LogP contribution in [0.1, 0.15) is 56.7 Å². The van der Waals surface area contributed by atoms with Gasteiger partial charge in [0.15, 0.2) is 0 Å². The van der Waals surface area contributed by atoms with E-state index in [1.807, 2.05) is 7.05 Å². The minimum absolute atomic E-state index is 0.371. The second-order valence-corrected chi connectivity index (χ2v) is 6.16. The van der Waals surface area contributed by atoms with E-state index in [1.54, 1.807) is 0 Å². The third-order valence-corrected chi connectivity index (χ3v) is 4.69. The normalized spacial score (nSPS) is 17.4. The smallest absolute Gasteiger partial charge is 0.123 e. The molecule has 1 aromatic carbocycles. The van der Waals surface area contributed by atoms with E-state index in [2.05, 4.69) is 49.3 Å². The standard InChI is InChI=1S/C18H30N2O/c1-5-21-18-11-10-15(14(2)19-3)12-16(18)13-20(4)17-8-6-7-9-17/h10-12,14,17,19H,5-9,13H2,1-4H3. The van der Waals surface area contributed by atoms with Crippen molar-refractivity contribution in [1.82, 2.24) is 10.2 Å². The maximum Gasteiger partial charge on any atom is 0.123 e. The topological polar surface area (TPSA) is 24.5 Å². The van der Waals surface area contributed by atoms with Crippen LogP contribution < -0.4 is 10.1 Å². The lowest BCUT2D eigenvalue weighted by molar-refractivity contribution is 0.232. The average Bonchev–Trinajstić information content (AvgIpc) is 3.02. The molecule has 3 heteroatoms. The number of rotatable bonds is 7. The van der Waals surface area contributed by atoms with Crippen molar-refractivity contribution in [3.05, 3.63) is 29.3 Å². The van der Waals surface area contributed by atoms with Gasteiger partial charge in [0.1, 0.15) is 5.75 Å². The van der Waals surface area contributed by atoms with Crippen molar-refractivity contribution in [3.8, 4) is 5.75 Å². The summed E-state index contributed by atoms with van der Waals surface area (Å²) in [7, 11) is 4.26. The Bertz CT molecular complexity index is 441. The summed E-state index contributed by atoms with van der Waals surface area (Å²) in [6.45, 7) is 5.94. The Morgan fingerprint density at radius 3 is 2.67 bits per heavy atom. The van der Waals surface area contributed by atoms with Crippen molar-refractivity contribution in [2.24, 2.45) is 0 Å². The van der Waals surface area contributed by atoms with Crippen molar-refractivity contribution in [1.29, 1.82) is 0 Å². The highest BCUT2D eigenvalue weighted by Gasteiger charge is 2.20. The molecule has 0 bridgehead atoms.